The van der Waals surface area contributed by atoms with Gasteiger partial charge in [0.05, 0.1) is 33.0 Å². The van der Waals surface area contributed by atoms with Gasteiger partial charge < -0.3 is 34.2 Å². The van der Waals surface area contributed by atoms with E-state index in [0.717, 1.165) is 22.3 Å². The lowest BCUT2D eigenvalue weighted by molar-refractivity contribution is -0.335. The van der Waals surface area contributed by atoms with Gasteiger partial charge in [-0.05, 0) is 22.3 Å². The number of ether oxygens (including phenoxy) is 6. The zero-order valence-corrected chi connectivity index (χ0v) is 27.5. The highest BCUT2D eigenvalue weighted by atomic mass is 35.6. The molecule has 1 fully saturated rings. The van der Waals surface area contributed by atoms with Gasteiger partial charge in [-0.15, -0.1) is 0 Å². The highest BCUT2D eigenvalue weighted by molar-refractivity contribution is 6.68. The van der Waals surface area contributed by atoms with Crippen LogP contribution in [0.1, 0.15) is 22.3 Å². The largest absolute Gasteiger partial charge is 0.374 e. The fraction of sp³-hybridized carbons (Fsp3) is 0.333. The van der Waals surface area contributed by atoms with Crippen LogP contribution in [0.5, 0.6) is 0 Å². The molecule has 0 radical (unpaired) electrons. The predicted octanol–water partition coefficient (Wildman–Crippen LogP) is 7.36. The van der Waals surface area contributed by atoms with E-state index in [1.165, 1.54) is 0 Å². The lowest BCUT2D eigenvalue weighted by atomic mass is 9.97. The van der Waals surface area contributed by atoms with Crippen molar-refractivity contribution in [3.63, 3.8) is 0 Å². The van der Waals surface area contributed by atoms with E-state index in [2.05, 4.69) is 0 Å². The molecule has 4 aromatic carbocycles. The van der Waals surface area contributed by atoms with E-state index in [4.69, 9.17) is 69.0 Å². The fourth-order valence-electron chi connectivity index (χ4n) is 5.08. The first kappa shape index (κ1) is 34.8. The molecule has 5 rings (SSSR count). The van der Waals surface area contributed by atoms with E-state index < -0.39 is 40.7 Å². The number of hydrogen-bond acceptors (Lipinski definition) is 7. The van der Waals surface area contributed by atoms with Gasteiger partial charge in [-0.1, -0.05) is 156 Å². The molecule has 1 heterocycles. The molecule has 46 heavy (non-hydrogen) atoms. The Morgan fingerprint density at radius 2 is 0.957 bits per heavy atom. The summed E-state index contributed by atoms with van der Waals surface area (Å²) in [5.41, 5.74) is 10.1. The highest BCUT2D eigenvalue weighted by Crippen LogP contribution is 2.35. The van der Waals surface area contributed by atoms with Crippen LogP contribution in [0.25, 0.3) is 0 Å². The molecule has 1 aliphatic rings. The maximum atomic E-state index is 6.66. The van der Waals surface area contributed by atoms with Gasteiger partial charge >= 0.3 is 0 Å². The first-order chi connectivity index (χ1) is 22.4. The summed E-state index contributed by atoms with van der Waals surface area (Å²) in [6.07, 6.45) is -5.22. The highest BCUT2D eigenvalue weighted by Gasteiger charge is 2.50. The lowest BCUT2D eigenvalue weighted by Gasteiger charge is -2.46. The number of benzene rings is 4. The Morgan fingerprint density at radius 1 is 0.565 bits per heavy atom. The van der Waals surface area contributed by atoms with Crippen molar-refractivity contribution in [2.45, 2.75) is 67.2 Å². The van der Waals surface area contributed by atoms with Crippen molar-refractivity contribution in [1.29, 1.82) is 0 Å². The van der Waals surface area contributed by atoms with Crippen molar-refractivity contribution in [1.82, 2.24) is 0 Å². The average Bonchev–Trinajstić information content (AvgIpc) is 3.07. The van der Waals surface area contributed by atoms with Crippen LogP contribution in [-0.2, 0) is 54.8 Å². The molecule has 0 aliphatic carbocycles. The molecule has 244 valence electrons. The quantitative estimate of drug-likeness (QED) is 0.103. The second-order valence-electron chi connectivity index (χ2n) is 10.9. The summed E-state index contributed by atoms with van der Waals surface area (Å²) in [5.74, 6) is 0. The molecule has 2 N–H and O–H groups in total. The van der Waals surface area contributed by atoms with Gasteiger partial charge in [0.15, 0.2) is 12.5 Å². The Kier molecular flexibility index (Phi) is 13.3. The molecule has 0 aromatic heterocycles. The van der Waals surface area contributed by atoms with Crippen LogP contribution in [0, 0.1) is 0 Å². The Balaban J connectivity index is 1.46. The van der Waals surface area contributed by atoms with Gasteiger partial charge in [-0.2, -0.15) is 0 Å². The Hall–Kier alpha value is -2.53. The summed E-state index contributed by atoms with van der Waals surface area (Å²) >= 11 is 18.4. The van der Waals surface area contributed by atoms with Gasteiger partial charge in [0.2, 0.25) is 3.79 Å². The smallest absolute Gasteiger partial charge is 0.229 e. The van der Waals surface area contributed by atoms with Crippen LogP contribution in [0.15, 0.2) is 121 Å². The number of halogens is 3. The normalized spacial score (nSPS) is 22.4. The van der Waals surface area contributed by atoms with Crippen molar-refractivity contribution in [3.8, 4) is 0 Å². The minimum atomic E-state index is -1.92. The van der Waals surface area contributed by atoms with E-state index in [1.54, 1.807) is 0 Å². The van der Waals surface area contributed by atoms with Crippen molar-refractivity contribution >= 4 is 34.8 Å². The lowest BCUT2D eigenvalue weighted by Crippen LogP contribution is -2.63. The minimum Gasteiger partial charge on any atom is -0.374 e. The van der Waals surface area contributed by atoms with Crippen molar-refractivity contribution in [3.05, 3.63) is 144 Å². The zero-order valence-electron chi connectivity index (χ0n) is 25.2. The standard InChI is InChI=1S/C36H38Cl3NO6/c37-36(38,39)35(40)46-34-33(44-24-29-19-11-4-12-20-29)32(43-23-28-17-9-3-10-18-28)31(42-22-27-15-7-2-8-16-27)30(45-34)25-41-21-26-13-5-1-6-14-26/h1-20,30-35H,21-25,40H2/t30?,31-,32-,33+,34?,35?/m1/s1. The zero-order chi connectivity index (χ0) is 32.2. The van der Waals surface area contributed by atoms with Gasteiger partial charge in [0.1, 0.15) is 24.4 Å². The summed E-state index contributed by atoms with van der Waals surface area (Å²) in [6, 6.07) is 39.4. The second kappa shape index (κ2) is 17.6. The van der Waals surface area contributed by atoms with Crippen LogP contribution in [0.3, 0.4) is 0 Å². The van der Waals surface area contributed by atoms with Gasteiger partial charge in [0.25, 0.3) is 0 Å². The summed E-state index contributed by atoms with van der Waals surface area (Å²) in [4.78, 5) is 0. The fourth-order valence-corrected chi connectivity index (χ4v) is 5.23. The summed E-state index contributed by atoms with van der Waals surface area (Å²) in [6.45, 7) is 1.36. The molecular formula is C36H38Cl3NO6. The molecule has 4 aromatic rings. The molecule has 10 heteroatoms. The van der Waals surface area contributed by atoms with Crippen LogP contribution in [0.2, 0.25) is 0 Å². The number of nitrogens with two attached hydrogens (primary N) is 1. The molecule has 3 unspecified atom stereocenters. The molecule has 0 bridgehead atoms. The van der Waals surface area contributed by atoms with E-state index in [0.29, 0.717) is 13.2 Å². The molecule has 1 aliphatic heterocycles. The maximum absolute atomic E-state index is 6.66. The molecule has 0 saturated carbocycles. The Labute approximate surface area is 285 Å². The van der Waals surface area contributed by atoms with Crippen LogP contribution in [-0.4, -0.2) is 47.3 Å². The predicted molar refractivity (Wildman–Crippen MR) is 179 cm³/mol. The number of hydrogen-bond donors (Lipinski definition) is 1. The van der Waals surface area contributed by atoms with Crippen molar-refractivity contribution in [2.75, 3.05) is 6.61 Å². The van der Waals surface area contributed by atoms with E-state index in [-0.39, 0.29) is 19.8 Å². The van der Waals surface area contributed by atoms with Crippen molar-refractivity contribution < 1.29 is 28.4 Å². The number of rotatable bonds is 15. The monoisotopic (exact) mass is 685 g/mol. The molecule has 0 amide bonds. The van der Waals surface area contributed by atoms with Crippen LogP contribution >= 0.6 is 34.8 Å². The van der Waals surface area contributed by atoms with Gasteiger partial charge in [0, 0.05) is 0 Å². The average molecular weight is 687 g/mol. The van der Waals surface area contributed by atoms with Crippen molar-refractivity contribution in [2.24, 2.45) is 5.73 Å². The molecule has 7 nitrogen and oxygen atoms in total. The van der Waals surface area contributed by atoms with E-state index in [9.17, 15) is 0 Å². The van der Waals surface area contributed by atoms with E-state index >= 15 is 0 Å². The molecule has 6 atom stereocenters. The minimum absolute atomic E-state index is 0.161. The summed E-state index contributed by atoms with van der Waals surface area (Å²) < 4.78 is 36.7. The third kappa shape index (κ3) is 10.5. The summed E-state index contributed by atoms with van der Waals surface area (Å²) in [7, 11) is 0. The Bertz CT molecular complexity index is 1420. The summed E-state index contributed by atoms with van der Waals surface area (Å²) in [5, 5.41) is 0. The first-order valence-corrected chi connectivity index (χ1v) is 16.2. The third-order valence-electron chi connectivity index (χ3n) is 7.44. The van der Waals surface area contributed by atoms with Crippen LogP contribution in [0.4, 0.5) is 0 Å². The Morgan fingerprint density at radius 3 is 1.39 bits per heavy atom. The second-order valence-corrected chi connectivity index (χ2v) is 13.3. The molecular weight excluding hydrogens is 649 g/mol. The van der Waals surface area contributed by atoms with Crippen LogP contribution < -0.4 is 5.73 Å². The third-order valence-corrected chi connectivity index (χ3v) is 8.09. The molecule has 1 saturated heterocycles. The topological polar surface area (TPSA) is 81.4 Å². The van der Waals surface area contributed by atoms with Gasteiger partial charge in [-0.25, -0.2) is 0 Å². The molecule has 0 spiro atoms. The van der Waals surface area contributed by atoms with Gasteiger partial charge in [-0.3, -0.25) is 0 Å². The number of alkyl halides is 3. The van der Waals surface area contributed by atoms with E-state index in [1.807, 2.05) is 121 Å². The SMILES string of the molecule is NC(OC1OC(COCc2ccccc2)[C@@H](OCc2ccccc2)[C@@H](OCc2ccccc2)[C@@H]1OCc1ccccc1)C(Cl)(Cl)Cl. The first-order valence-electron chi connectivity index (χ1n) is 15.1. The maximum Gasteiger partial charge on any atom is 0.229 e.